The number of nitrogens with one attached hydrogen (secondary N) is 2. The van der Waals surface area contributed by atoms with Crippen LogP contribution < -0.4 is 14.8 Å². The molecule has 1 heterocycles. The molecule has 216 valence electrons. The van der Waals surface area contributed by atoms with Crippen molar-refractivity contribution in [1.82, 2.24) is 9.97 Å². The van der Waals surface area contributed by atoms with Crippen molar-refractivity contribution in [2.24, 2.45) is 0 Å². The number of hydrogen-bond donors (Lipinski definition) is 2. The number of esters is 1. The normalized spacial score (nSPS) is 11.5. The molecule has 5 aromatic rings. The number of ether oxygens (including phenoxy) is 2. The molecule has 1 aromatic heterocycles. The average molecular weight is 576 g/mol. The Kier molecular flexibility index (Phi) is 8.42. The van der Waals surface area contributed by atoms with E-state index < -0.39 is 23.7 Å². The number of hydrogen-bond acceptors (Lipinski definition) is 6. The van der Waals surface area contributed by atoms with Crippen LogP contribution >= 0.6 is 0 Å². The zero-order valence-corrected chi connectivity index (χ0v) is 22.8. The van der Waals surface area contributed by atoms with E-state index in [-0.39, 0.29) is 16.6 Å². The van der Waals surface area contributed by atoms with Gasteiger partial charge in [-0.2, -0.15) is 13.2 Å². The molecule has 0 radical (unpaired) electrons. The fourth-order valence-corrected chi connectivity index (χ4v) is 4.63. The van der Waals surface area contributed by atoms with E-state index in [4.69, 9.17) is 9.47 Å². The van der Waals surface area contributed by atoms with E-state index in [1.54, 1.807) is 30.3 Å². The Morgan fingerprint density at radius 3 is 2.40 bits per heavy atom. The Balaban J connectivity index is 1.59. The molecular formula is C32H28F3N3O4. The number of alkyl halides is 3. The maximum absolute atomic E-state index is 14.1. The van der Waals surface area contributed by atoms with Gasteiger partial charge in [-0.05, 0) is 41.0 Å². The van der Waals surface area contributed by atoms with E-state index in [1.807, 2.05) is 30.3 Å². The van der Waals surface area contributed by atoms with Crippen LogP contribution in [-0.4, -0.2) is 34.5 Å². The highest BCUT2D eigenvalue weighted by Gasteiger charge is 2.42. The Morgan fingerprint density at radius 1 is 0.905 bits per heavy atom. The number of anilines is 1. The number of fused-ring (bicyclic) bond motifs is 2. The average Bonchev–Trinajstić information content (AvgIpc) is 3.42. The number of nitrogens with zero attached hydrogens (tertiary/aromatic N) is 1. The summed E-state index contributed by atoms with van der Waals surface area (Å²) in [6.45, 7) is 3.01. The topological polar surface area (TPSA) is 93.3 Å². The fourth-order valence-electron chi connectivity index (χ4n) is 4.63. The molecule has 10 heteroatoms. The number of benzene rings is 4. The summed E-state index contributed by atoms with van der Waals surface area (Å²) in [5.41, 5.74) is 1.67. The van der Waals surface area contributed by atoms with E-state index in [2.05, 4.69) is 22.2 Å². The number of imidazole rings is 1. The molecular weight excluding hydrogens is 547 g/mol. The van der Waals surface area contributed by atoms with Crippen LogP contribution in [0.25, 0.3) is 21.8 Å². The molecule has 7 nitrogen and oxygen atoms in total. The first kappa shape index (κ1) is 28.7. The van der Waals surface area contributed by atoms with E-state index in [1.165, 1.54) is 18.2 Å². The van der Waals surface area contributed by atoms with Gasteiger partial charge in [0.15, 0.2) is 5.78 Å². The van der Waals surface area contributed by atoms with Crippen LogP contribution in [0.2, 0.25) is 0 Å². The molecule has 0 bridgehead atoms. The van der Waals surface area contributed by atoms with Gasteiger partial charge in [-0.1, -0.05) is 80.4 Å². The van der Waals surface area contributed by atoms with Crippen molar-refractivity contribution in [3.63, 3.8) is 0 Å². The third-order valence-electron chi connectivity index (χ3n) is 6.71. The number of carbonyl (C=O) groups is 2. The Morgan fingerprint density at radius 2 is 1.64 bits per heavy atom. The first-order valence-electron chi connectivity index (χ1n) is 13.5. The summed E-state index contributed by atoms with van der Waals surface area (Å²) in [5.74, 6) is -2.69. The zero-order chi connectivity index (χ0) is 29.7. The van der Waals surface area contributed by atoms with E-state index >= 15 is 0 Å². The van der Waals surface area contributed by atoms with Crippen LogP contribution in [0.3, 0.4) is 0 Å². The van der Waals surface area contributed by atoms with Gasteiger partial charge < -0.3 is 19.8 Å². The van der Waals surface area contributed by atoms with Gasteiger partial charge in [0.2, 0.25) is 5.95 Å². The summed E-state index contributed by atoms with van der Waals surface area (Å²) in [6.07, 6.45) is -2.38. The first-order valence-corrected chi connectivity index (χ1v) is 13.5. The predicted molar refractivity (Wildman–Crippen MR) is 154 cm³/mol. The molecule has 0 aliphatic heterocycles. The molecule has 42 heavy (non-hydrogen) atoms. The molecule has 5 rings (SSSR count). The minimum Gasteiger partial charge on any atom is -0.491 e. The van der Waals surface area contributed by atoms with Gasteiger partial charge in [0.05, 0.1) is 17.7 Å². The maximum Gasteiger partial charge on any atom is 0.491 e. The highest BCUT2D eigenvalue weighted by Crippen LogP contribution is 2.35. The number of H-pyrrole nitrogens is 1. The summed E-state index contributed by atoms with van der Waals surface area (Å²) in [6, 6.07) is 22.2. The zero-order valence-electron chi connectivity index (χ0n) is 22.8. The first-order chi connectivity index (χ1) is 20.3. The summed E-state index contributed by atoms with van der Waals surface area (Å²) >= 11 is 0. The van der Waals surface area contributed by atoms with Crippen LogP contribution in [0, 0.1) is 0 Å². The van der Waals surface area contributed by atoms with Crippen molar-refractivity contribution >= 4 is 39.5 Å². The molecule has 0 saturated heterocycles. The molecule has 4 aromatic carbocycles. The lowest BCUT2D eigenvalue weighted by Crippen LogP contribution is -2.28. The molecule has 0 aliphatic carbocycles. The predicted octanol–water partition coefficient (Wildman–Crippen LogP) is 7.60. The molecule has 0 spiro atoms. The largest absolute Gasteiger partial charge is 0.491 e. The number of ketones is 1. The Hall–Kier alpha value is -4.86. The maximum atomic E-state index is 14.1. The Labute approximate surface area is 239 Å². The summed E-state index contributed by atoms with van der Waals surface area (Å²) < 4.78 is 50.1. The Bertz CT molecular complexity index is 1730. The third-order valence-corrected chi connectivity index (χ3v) is 6.71. The van der Waals surface area contributed by atoms with Gasteiger partial charge in [0.1, 0.15) is 22.5 Å². The van der Waals surface area contributed by atoms with Crippen molar-refractivity contribution in [2.75, 3.05) is 11.9 Å². The highest BCUT2D eigenvalue weighted by molar-refractivity contribution is 6.22. The molecule has 0 saturated carbocycles. The van der Waals surface area contributed by atoms with Crippen LogP contribution in [0.4, 0.5) is 19.1 Å². The van der Waals surface area contributed by atoms with Gasteiger partial charge in [-0.15, -0.1) is 0 Å². The van der Waals surface area contributed by atoms with Crippen molar-refractivity contribution < 1.29 is 32.2 Å². The standard InChI is InChI=1S/C32H28F3N3O4/c1-2-3-9-18-41-25-17-15-23(27-28(25)38-31(37-27)36-19-20-10-5-4-6-11-20)29(39)26-22-13-8-7-12-21(22)14-16-24(26)42-30(40)32(33,34)35/h4-8,10-17H,2-3,9,18-19H2,1H3,(H2,36,37,38). The summed E-state index contributed by atoms with van der Waals surface area (Å²) in [5, 5.41) is 4.14. The van der Waals surface area contributed by atoms with Crippen LogP contribution in [0.5, 0.6) is 11.5 Å². The van der Waals surface area contributed by atoms with Crippen LogP contribution in [0.15, 0.2) is 78.9 Å². The number of unbranched alkanes of at least 4 members (excludes halogenated alkanes) is 2. The lowest BCUT2D eigenvalue weighted by atomic mass is 9.95. The van der Waals surface area contributed by atoms with Crippen LogP contribution in [-0.2, 0) is 11.3 Å². The van der Waals surface area contributed by atoms with E-state index in [9.17, 15) is 22.8 Å². The number of halogens is 3. The fraction of sp³-hybridized carbons (Fsp3) is 0.219. The molecule has 0 unspecified atom stereocenters. The number of aromatic nitrogens is 2. The molecule has 2 N–H and O–H groups in total. The number of aromatic amines is 1. The van der Waals surface area contributed by atoms with Crippen molar-refractivity contribution in [1.29, 1.82) is 0 Å². The van der Waals surface area contributed by atoms with Gasteiger partial charge in [0.25, 0.3) is 0 Å². The molecule has 0 aliphatic rings. The number of carbonyl (C=O) groups excluding carboxylic acids is 2. The lowest BCUT2D eigenvalue weighted by Gasteiger charge is -2.14. The van der Waals surface area contributed by atoms with Gasteiger partial charge in [-0.3, -0.25) is 4.79 Å². The van der Waals surface area contributed by atoms with Gasteiger partial charge in [0, 0.05) is 6.54 Å². The van der Waals surface area contributed by atoms with Crippen molar-refractivity contribution in [2.45, 2.75) is 38.9 Å². The van der Waals surface area contributed by atoms with E-state index in [0.29, 0.717) is 41.1 Å². The highest BCUT2D eigenvalue weighted by atomic mass is 19.4. The lowest BCUT2D eigenvalue weighted by molar-refractivity contribution is -0.189. The third kappa shape index (κ3) is 6.22. The second-order valence-corrected chi connectivity index (χ2v) is 9.69. The summed E-state index contributed by atoms with van der Waals surface area (Å²) in [7, 11) is 0. The minimum absolute atomic E-state index is 0.107. The van der Waals surface area contributed by atoms with Crippen molar-refractivity contribution in [3.05, 3.63) is 95.6 Å². The second-order valence-electron chi connectivity index (χ2n) is 9.69. The van der Waals surface area contributed by atoms with Gasteiger partial charge in [-0.25, -0.2) is 9.78 Å². The second kappa shape index (κ2) is 12.3. The number of rotatable bonds is 11. The molecule has 0 atom stereocenters. The van der Waals surface area contributed by atoms with Crippen LogP contribution in [0.1, 0.15) is 47.7 Å². The minimum atomic E-state index is -5.24. The monoisotopic (exact) mass is 575 g/mol. The van der Waals surface area contributed by atoms with E-state index in [0.717, 1.165) is 24.8 Å². The van der Waals surface area contributed by atoms with Gasteiger partial charge >= 0.3 is 12.1 Å². The SMILES string of the molecule is CCCCCOc1ccc(C(=O)c2c(OC(=O)C(F)(F)F)ccc3ccccc23)c2nc(NCc3ccccc3)[nH]c12. The quantitative estimate of drug-likeness (QED) is 0.0729. The summed E-state index contributed by atoms with van der Waals surface area (Å²) in [4.78, 5) is 33.7. The van der Waals surface area contributed by atoms with Crippen molar-refractivity contribution in [3.8, 4) is 11.5 Å². The smallest absolute Gasteiger partial charge is 0.491 e. The molecule has 0 fully saturated rings. The molecule has 0 amide bonds.